The number of carbonyl (C=O) groups is 1. The van der Waals surface area contributed by atoms with Gasteiger partial charge in [0.2, 0.25) is 5.89 Å². The number of nitrogens with zero attached hydrogens (tertiary/aromatic N) is 2. The van der Waals surface area contributed by atoms with Gasteiger partial charge in [0.05, 0.1) is 6.04 Å². The third kappa shape index (κ3) is 6.62. The molecule has 0 saturated carbocycles. The molecule has 1 heterocycles. The van der Waals surface area contributed by atoms with Crippen LogP contribution in [0, 0.1) is 5.92 Å². The molecule has 158 valence electrons. The summed E-state index contributed by atoms with van der Waals surface area (Å²) >= 11 is 0. The van der Waals surface area contributed by atoms with E-state index in [4.69, 9.17) is 15.0 Å². The number of nitrogens with one attached hydrogen (secondary N) is 1. The summed E-state index contributed by atoms with van der Waals surface area (Å²) in [7, 11) is 0. The summed E-state index contributed by atoms with van der Waals surface area (Å²) in [6, 6.07) is -0.275. The van der Waals surface area contributed by atoms with Gasteiger partial charge in [-0.05, 0) is 65.7 Å². The lowest BCUT2D eigenvalue weighted by atomic mass is 9.87. The Bertz CT molecular complexity index is 663. The Morgan fingerprint density at radius 2 is 2.18 bits per heavy atom. The average molecular weight is 393 g/mol. The van der Waals surface area contributed by atoms with Crippen LogP contribution in [0.25, 0.3) is 0 Å². The van der Waals surface area contributed by atoms with E-state index in [0.717, 1.165) is 44.3 Å². The number of allylic oxidation sites excluding steroid dienone is 2. The highest BCUT2D eigenvalue weighted by molar-refractivity contribution is 5.67. The van der Waals surface area contributed by atoms with E-state index in [1.165, 1.54) is 5.57 Å². The third-order valence-electron chi connectivity index (χ3n) is 5.08. The van der Waals surface area contributed by atoms with Crippen molar-refractivity contribution in [1.82, 2.24) is 15.5 Å². The fourth-order valence-electron chi connectivity index (χ4n) is 3.64. The Kier molecular flexibility index (Phi) is 8.04. The molecule has 7 nitrogen and oxygen atoms in total. The van der Waals surface area contributed by atoms with Crippen molar-refractivity contribution in [1.29, 1.82) is 0 Å². The molecule has 28 heavy (non-hydrogen) atoms. The van der Waals surface area contributed by atoms with E-state index >= 15 is 0 Å². The second-order valence-corrected chi connectivity index (χ2v) is 8.71. The summed E-state index contributed by atoms with van der Waals surface area (Å²) in [6.45, 7) is 10.5. The smallest absolute Gasteiger partial charge is 0.407 e. The van der Waals surface area contributed by atoms with Crippen molar-refractivity contribution in [3.63, 3.8) is 0 Å². The number of alkyl carbamates (subject to hydrolysis) is 1. The van der Waals surface area contributed by atoms with E-state index in [9.17, 15) is 4.79 Å². The van der Waals surface area contributed by atoms with Crippen LogP contribution in [0.5, 0.6) is 0 Å². The lowest BCUT2D eigenvalue weighted by Crippen LogP contribution is -2.33. The minimum atomic E-state index is -0.481. The maximum absolute atomic E-state index is 11.6. The van der Waals surface area contributed by atoms with Gasteiger partial charge in [-0.15, -0.1) is 0 Å². The lowest BCUT2D eigenvalue weighted by Gasteiger charge is -2.19. The molecule has 7 heteroatoms. The summed E-state index contributed by atoms with van der Waals surface area (Å²) in [5, 5.41) is 6.97. The second-order valence-electron chi connectivity index (χ2n) is 8.71. The monoisotopic (exact) mass is 392 g/mol. The number of hydrogen-bond donors (Lipinski definition) is 2. The quantitative estimate of drug-likeness (QED) is 0.470. The molecule has 3 atom stereocenters. The van der Waals surface area contributed by atoms with Gasteiger partial charge in [0.1, 0.15) is 5.60 Å². The summed E-state index contributed by atoms with van der Waals surface area (Å²) in [6.07, 6.45) is 7.58. The standard InChI is InChI=1S/C21H36N4O3/c1-6-9-15-14(2)11-12-16(15)18-24-19(28-25-18)17(22)10-7-8-13-23-20(26)27-21(3,4)5/h11,15-17H,6-10,12-13,22H2,1-5H3,(H,23,26). The van der Waals surface area contributed by atoms with E-state index in [1.807, 2.05) is 20.8 Å². The minimum Gasteiger partial charge on any atom is -0.444 e. The zero-order valence-corrected chi connectivity index (χ0v) is 18.0. The Balaban J connectivity index is 1.74. The SMILES string of the molecule is CCCC1C(C)=CCC1c1noc(C(N)CCCCNC(=O)OC(C)(C)C)n1. The first-order valence-corrected chi connectivity index (χ1v) is 10.4. The van der Waals surface area contributed by atoms with Crippen LogP contribution < -0.4 is 11.1 Å². The van der Waals surface area contributed by atoms with Gasteiger partial charge in [-0.3, -0.25) is 0 Å². The lowest BCUT2D eigenvalue weighted by molar-refractivity contribution is 0.0527. The van der Waals surface area contributed by atoms with Crippen molar-refractivity contribution in [2.24, 2.45) is 11.7 Å². The van der Waals surface area contributed by atoms with Crippen LogP contribution in [0.3, 0.4) is 0 Å². The molecular weight excluding hydrogens is 356 g/mol. The van der Waals surface area contributed by atoms with E-state index in [0.29, 0.717) is 24.3 Å². The fraction of sp³-hybridized carbons (Fsp3) is 0.762. The van der Waals surface area contributed by atoms with Crippen LogP contribution in [0.15, 0.2) is 16.2 Å². The van der Waals surface area contributed by atoms with Crippen LogP contribution in [0.2, 0.25) is 0 Å². The number of hydrogen-bond acceptors (Lipinski definition) is 6. The predicted molar refractivity (Wildman–Crippen MR) is 109 cm³/mol. The predicted octanol–water partition coefficient (Wildman–Crippen LogP) is 4.61. The van der Waals surface area contributed by atoms with Gasteiger partial charge in [0.15, 0.2) is 5.82 Å². The van der Waals surface area contributed by atoms with E-state index < -0.39 is 5.60 Å². The summed E-state index contributed by atoms with van der Waals surface area (Å²) in [5.74, 6) is 2.10. The molecule has 1 amide bonds. The van der Waals surface area contributed by atoms with Gasteiger partial charge in [0, 0.05) is 12.5 Å². The first kappa shape index (κ1) is 22.4. The van der Waals surface area contributed by atoms with Crippen molar-refractivity contribution in [2.45, 2.75) is 90.7 Å². The van der Waals surface area contributed by atoms with Crippen LogP contribution in [0.1, 0.15) is 96.8 Å². The highest BCUT2D eigenvalue weighted by Crippen LogP contribution is 2.40. The molecule has 0 bridgehead atoms. The largest absolute Gasteiger partial charge is 0.444 e. The molecular formula is C21H36N4O3. The van der Waals surface area contributed by atoms with Crippen molar-refractivity contribution in [3.05, 3.63) is 23.4 Å². The molecule has 0 aromatic carbocycles. The zero-order valence-electron chi connectivity index (χ0n) is 18.0. The first-order valence-electron chi connectivity index (χ1n) is 10.4. The molecule has 0 aliphatic heterocycles. The maximum atomic E-state index is 11.6. The van der Waals surface area contributed by atoms with E-state index in [-0.39, 0.29) is 12.1 Å². The van der Waals surface area contributed by atoms with Crippen molar-refractivity contribution >= 4 is 6.09 Å². The molecule has 0 spiro atoms. The van der Waals surface area contributed by atoms with E-state index in [2.05, 4.69) is 35.4 Å². The van der Waals surface area contributed by atoms with Gasteiger partial charge < -0.3 is 20.3 Å². The van der Waals surface area contributed by atoms with Crippen molar-refractivity contribution in [2.75, 3.05) is 6.54 Å². The molecule has 2 rings (SSSR count). The maximum Gasteiger partial charge on any atom is 0.407 e. The number of carbonyl (C=O) groups excluding carboxylic acids is 1. The average Bonchev–Trinajstić information content (AvgIpc) is 3.21. The Morgan fingerprint density at radius 3 is 2.86 bits per heavy atom. The number of nitrogens with two attached hydrogens (primary N) is 1. The zero-order chi connectivity index (χ0) is 20.7. The van der Waals surface area contributed by atoms with Crippen molar-refractivity contribution < 1.29 is 14.1 Å². The molecule has 1 aliphatic rings. The van der Waals surface area contributed by atoms with E-state index in [1.54, 1.807) is 0 Å². The topological polar surface area (TPSA) is 103 Å². The molecule has 1 aromatic rings. The van der Waals surface area contributed by atoms with Crippen LogP contribution in [-0.4, -0.2) is 28.4 Å². The van der Waals surface area contributed by atoms with Crippen LogP contribution in [-0.2, 0) is 4.74 Å². The Labute approximate surface area is 168 Å². The molecule has 1 aromatic heterocycles. The highest BCUT2D eigenvalue weighted by atomic mass is 16.6. The molecule has 3 N–H and O–H groups in total. The summed E-state index contributed by atoms with van der Waals surface area (Å²) in [5.41, 5.74) is 7.18. The van der Waals surface area contributed by atoms with Gasteiger partial charge in [-0.2, -0.15) is 4.98 Å². The highest BCUT2D eigenvalue weighted by Gasteiger charge is 2.32. The Morgan fingerprint density at radius 1 is 1.43 bits per heavy atom. The van der Waals surface area contributed by atoms with Gasteiger partial charge >= 0.3 is 6.09 Å². The summed E-state index contributed by atoms with van der Waals surface area (Å²) in [4.78, 5) is 16.2. The number of rotatable bonds is 9. The minimum absolute atomic E-state index is 0.275. The number of unbranched alkanes of at least 4 members (excludes halogenated alkanes) is 1. The normalized spacial score (nSPS) is 20.7. The molecule has 0 fully saturated rings. The van der Waals surface area contributed by atoms with Crippen molar-refractivity contribution in [3.8, 4) is 0 Å². The number of amides is 1. The molecule has 1 aliphatic carbocycles. The Hall–Kier alpha value is -1.89. The first-order chi connectivity index (χ1) is 13.2. The molecule has 0 radical (unpaired) electrons. The number of ether oxygens (including phenoxy) is 1. The van der Waals surface area contributed by atoms with Crippen LogP contribution >= 0.6 is 0 Å². The van der Waals surface area contributed by atoms with Gasteiger partial charge in [-0.25, -0.2) is 4.79 Å². The van der Waals surface area contributed by atoms with Gasteiger partial charge in [-0.1, -0.05) is 30.2 Å². The number of aromatic nitrogens is 2. The third-order valence-corrected chi connectivity index (χ3v) is 5.08. The molecule has 3 unspecified atom stereocenters. The fourth-order valence-corrected chi connectivity index (χ4v) is 3.64. The summed E-state index contributed by atoms with van der Waals surface area (Å²) < 4.78 is 10.7. The van der Waals surface area contributed by atoms with Crippen LogP contribution in [0.4, 0.5) is 4.79 Å². The second kappa shape index (κ2) is 10.0. The molecule has 0 saturated heterocycles. The van der Waals surface area contributed by atoms with Gasteiger partial charge in [0.25, 0.3) is 0 Å².